The Bertz CT molecular complexity index is 1560. The molecule has 0 atom stereocenters. The minimum atomic E-state index is -0.0113. The van der Waals surface area contributed by atoms with Gasteiger partial charge in [-0.25, -0.2) is 10.1 Å². The fourth-order valence-electron chi connectivity index (χ4n) is 4.57. The Kier molecular flexibility index (Phi) is 7.00. The summed E-state index contributed by atoms with van der Waals surface area (Å²) in [4.78, 5) is 18.4. The van der Waals surface area contributed by atoms with Gasteiger partial charge in [0.15, 0.2) is 5.82 Å². The van der Waals surface area contributed by atoms with E-state index < -0.39 is 0 Å². The Hall–Kier alpha value is -4.43. The normalized spacial score (nSPS) is 11.1. The predicted octanol–water partition coefficient (Wildman–Crippen LogP) is 4.09. The number of aliphatic hydroxyl groups is 1. The van der Waals surface area contributed by atoms with E-state index in [4.69, 9.17) is 4.98 Å². The lowest BCUT2D eigenvalue weighted by atomic mass is 9.98. The fraction of sp³-hybridized carbons (Fsp3) is 0.207. The first kappa shape index (κ1) is 24.3. The van der Waals surface area contributed by atoms with Gasteiger partial charge in [0.05, 0.1) is 18.8 Å². The summed E-state index contributed by atoms with van der Waals surface area (Å²) in [6.45, 7) is 4.35. The molecule has 0 aliphatic heterocycles. The number of aliphatic hydroxyl groups excluding tert-OH is 1. The zero-order valence-corrected chi connectivity index (χ0v) is 20.8. The Morgan fingerprint density at radius 2 is 1.57 bits per heavy atom. The van der Waals surface area contributed by atoms with Gasteiger partial charge in [-0.05, 0) is 51.6 Å². The quantitative estimate of drug-likeness (QED) is 0.338. The highest BCUT2D eigenvalue weighted by atomic mass is 16.3. The molecule has 0 unspecified atom stereocenters. The van der Waals surface area contributed by atoms with Crippen LogP contribution >= 0.6 is 0 Å². The molecule has 0 saturated heterocycles. The third-order valence-electron chi connectivity index (χ3n) is 6.59. The van der Waals surface area contributed by atoms with Crippen molar-refractivity contribution in [1.29, 1.82) is 0 Å². The van der Waals surface area contributed by atoms with Crippen molar-refractivity contribution < 1.29 is 5.11 Å². The number of nitrogens with zero attached hydrogens (tertiary/aromatic N) is 5. The van der Waals surface area contributed by atoms with Crippen molar-refractivity contribution >= 4 is 0 Å². The van der Waals surface area contributed by atoms with E-state index in [1.54, 1.807) is 4.57 Å². The van der Waals surface area contributed by atoms with E-state index in [0.717, 1.165) is 44.6 Å². The molecular weight excluding hydrogens is 464 g/mol. The van der Waals surface area contributed by atoms with Gasteiger partial charge in [0.2, 0.25) is 0 Å². The van der Waals surface area contributed by atoms with E-state index in [1.807, 2.05) is 74.5 Å². The number of aromatic amines is 1. The minimum absolute atomic E-state index is 0.00101. The summed E-state index contributed by atoms with van der Waals surface area (Å²) < 4.78 is 1.75. The molecule has 37 heavy (non-hydrogen) atoms. The molecule has 2 aromatic heterocycles. The second kappa shape index (κ2) is 10.7. The van der Waals surface area contributed by atoms with Gasteiger partial charge in [-0.2, -0.15) is 0 Å². The number of aromatic nitrogens is 6. The van der Waals surface area contributed by atoms with Crippen molar-refractivity contribution in [3.8, 4) is 22.5 Å². The molecule has 8 heteroatoms. The summed E-state index contributed by atoms with van der Waals surface area (Å²) in [5, 5.41) is 23.6. The lowest BCUT2D eigenvalue weighted by Crippen LogP contribution is -2.29. The Balaban J connectivity index is 1.44. The molecule has 5 rings (SSSR count). The van der Waals surface area contributed by atoms with Gasteiger partial charge in [-0.3, -0.25) is 9.36 Å². The molecule has 0 bridgehead atoms. The second-order valence-electron chi connectivity index (χ2n) is 8.97. The van der Waals surface area contributed by atoms with E-state index >= 15 is 0 Å². The highest BCUT2D eigenvalue weighted by Gasteiger charge is 2.15. The van der Waals surface area contributed by atoms with Crippen LogP contribution in [0.25, 0.3) is 22.5 Å². The predicted molar refractivity (Wildman–Crippen MR) is 142 cm³/mol. The molecule has 186 valence electrons. The highest BCUT2D eigenvalue weighted by molar-refractivity contribution is 5.80. The van der Waals surface area contributed by atoms with E-state index in [9.17, 15) is 9.90 Å². The number of tetrazole rings is 1. The van der Waals surface area contributed by atoms with Crippen LogP contribution in [0.3, 0.4) is 0 Å². The van der Waals surface area contributed by atoms with Crippen LogP contribution in [-0.4, -0.2) is 35.3 Å². The first-order valence-electron chi connectivity index (χ1n) is 12.3. The Morgan fingerprint density at radius 3 is 2.22 bits per heavy atom. The number of rotatable bonds is 8. The molecule has 8 nitrogen and oxygen atoms in total. The van der Waals surface area contributed by atoms with Gasteiger partial charge in [-0.15, -0.1) is 5.10 Å². The lowest BCUT2D eigenvalue weighted by Gasteiger charge is -2.15. The average molecular weight is 493 g/mol. The lowest BCUT2D eigenvalue weighted by molar-refractivity contribution is 0.282. The molecule has 0 fully saturated rings. The Morgan fingerprint density at radius 1 is 0.892 bits per heavy atom. The molecule has 2 N–H and O–H groups in total. The topological polar surface area (TPSA) is 110 Å². The summed E-state index contributed by atoms with van der Waals surface area (Å²) >= 11 is 0. The first-order chi connectivity index (χ1) is 18.1. The van der Waals surface area contributed by atoms with Crippen molar-refractivity contribution in [1.82, 2.24) is 30.2 Å². The number of hydrogen-bond donors (Lipinski definition) is 2. The largest absolute Gasteiger partial charge is 0.392 e. The van der Waals surface area contributed by atoms with Crippen LogP contribution in [0.5, 0.6) is 0 Å². The highest BCUT2D eigenvalue weighted by Crippen LogP contribution is 2.29. The molecule has 3 aromatic carbocycles. The maximum absolute atomic E-state index is 13.6. The first-order valence-corrected chi connectivity index (χ1v) is 12.3. The van der Waals surface area contributed by atoms with Gasteiger partial charge in [0.1, 0.15) is 5.82 Å². The molecular formula is C29H28N6O2. The van der Waals surface area contributed by atoms with Crippen molar-refractivity contribution in [2.75, 3.05) is 0 Å². The summed E-state index contributed by atoms with van der Waals surface area (Å²) in [6.07, 6.45) is 1.20. The molecule has 0 aliphatic rings. The third-order valence-corrected chi connectivity index (χ3v) is 6.59. The third kappa shape index (κ3) is 5.10. The van der Waals surface area contributed by atoms with E-state index in [-0.39, 0.29) is 12.2 Å². The monoisotopic (exact) mass is 492 g/mol. The molecule has 5 aromatic rings. The van der Waals surface area contributed by atoms with E-state index in [2.05, 4.69) is 32.8 Å². The number of nitrogens with one attached hydrogen (secondary N) is 1. The van der Waals surface area contributed by atoms with Crippen LogP contribution in [-0.2, 0) is 26.0 Å². The van der Waals surface area contributed by atoms with Crippen molar-refractivity contribution in [2.24, 2.45) is 0 Å². The van der Waals surface area contributed by atoms with Crippen LogP contribution in [0.2, 0.25) is 0 Å². The van der Waals surface area contributed by atoms with Gasteiger partial charge in [0, 0.05) is 17.5 Å². The number of aryl methyl sites for hydroxylation is 2. The van der Waals surface area contributed by atoms with Crippen molar-refractivity contribution in [3.05, 3.63) is 117 Å². The molecule has 0 spiro atoms. The molecule has 0 amide bonds. The summed E-state index contributed by atoms with van der Waals surface area (Å²) in [5.41, 5.74) is 7.39. The van der Waals surface area contributed by atoms with Gasteiger partial charge in [-0.1, -0.05) is 79.7 Å². The SMILES string of the molecule is CCc1nc(C)n(Cc2ccc(-c3ccccc3-c3nnn[nH]3)cc2)c(=O)c1Cc1ccc(CO)cc1. The summed E-state index contributed by atoms with van der Waals surface area (Å²) in [5.74, 6) is 1.32. The van der Waals surface area contributed by atoms with E-state index in [0.29, 0.717) is 31.0 Å². The van der Waals surface area contributed by atoms with Crippen LogP contribution in [0.4, 0.5) is 0 Å². The molecule has 0 aliphatic carbocycles. The van der Waals surface area contributed by atoms with Gasteiger partial charge >= 0.3 is 0 Å². The number of benzene rings is 3. The molecule has 2 heterocycles. The van der Waals surface area contributed by atoms with E-state index in [1.165, 1.54) is 0 Å². The maximum atomic E-state index is 13.6. The summed E-state index contributed by atoms with van der Waals surface area (Å²) in [7, 11) is 0. The standard InChI is InChI=1S/C29H28N6O2/c1-3-27-26(16-20-8-10-22(18-36)11-9-20)29(37)35(19(2)30-27)17-21-12-14-23(15-13-21)24-6-4-5-7-25(24)28-31-33-34-32-28/h4-15,36H,3,16-18H2,1-2H3,(H,31,32,33,34). The second-order valence-corrected chi connectivity index (χ2v) is 8.97. The summed E-state index contributed by atoms with van der Waals surface area (Å²) in [6, 6.07) is 23.8. The van der Waals surface area contributed by atoms with Crippen molar-refractivity contribution in [3.63, 3.8) is 0 Å². The van der Waals surface area contributed by atoms with Crippen LogP contribution < -0.4 is 5.56 Å². The number of H-pyrrole nitrogens is 1. The van der Waals surface area contributed by atoms with Gasteiger partial charge < -0.3 is 5.11 Å². The number of hydrogen-bond acceptors (Lipinski definition) is 6. The van der Waals surface area contributed by atoms with Gasteiger partial charge in [0.25, 0.3) is 5.56 Å². The van der Waals surface area contributed by atoms with Crippen LogP contribution in [0.15, 0.2) is 77.6 Å². The zero-order valence-electron chi connectivity index (χ0n) is 20.8. The molecule has 0 radical (unpaired) electrons. The van der Waals surface area contributed by atoms with Crippen LogP contribution in [0.1, 0.15) is 40.7 Å². The van der Waals surface area contributed by atoms with Crippen LogP contribution in [0, 0.1) is 6.92 Å². The maximum Gasteiger partial charge on any atom is 0.257 e. The fourth-order valence-corrected chi connectivity index (χ4v) is 4.57. The molecule has 0 saturated carbocycles. The van der Waals surface area contributed by atoms with Crippen molar-refractivity contribution in [2.45, 2.75) is 39.8 Å². The minimum Gasteiger partial charge on any atom is -0.392 e. The Labute approximate surface area is 214 Å². The smallest absolute Gasteiger partial charge is 0.257 e. The zero-order chi connectivity index (χ0) is 25.8. The average Bonchev–Trinajstić information content (AvgIpc) is 3.48.